The summed E-state index contributed by atoms with van der Waals surface area (Å²) < 4.78 is 10.4. The Bertz CT molecular complexity index is 525. The zero-order valence-corrected chi connectivity index (χ0v) is 12.5. The summed E-state index contributed by atoms with van der Waals surface area (Å²) in [5.41, 5.74) is 0.780. The lowest BCUT2D eigenvalue weighted by Gasteiger charge is -2.17. The minimum Gasteiger partial charge on any atom is -0.497 e. The number of benzene rings is 1. The molecule has 0 N–H and O–H groups in total. The molecule has 0 heterocycles. The van der Waals surface area contributed by atoms with Gasteiger partial charge in [0.1, 0.15) is 11.5 Å². The molecule has 0 spiro atoms. The molecular formula is C17H21NO3. The van der Waals surface area contributed by atoms with Gasteiger partial charge in [-0.1, -0.05) is 12.2 Å². The van der Waals surface area contributed by atoms with E-state index < -0.39 is 0 Å². The quantitative estimate of drug-likeness (QED) is 0.545. The van der Waals surface area contributed by atoms with Crippen LogP contribution in [0.1, 0.15) is 5.56 Å². The Hall–Kier alpha value is -2.49. The van der Waals surface area contributed by atoms with Crippen molar-refractivity contribution >= 4 is 12.0 Å². The molecule has 4 nitrogen and oxygen atoms in total. The maximum Gasteiger partial charge on any atom is 0.247 e. The molecule has 21 heavy (non-hydrogen) atoms. The first-order valence-electron chi connectivity index (χ1n) is 6.57. The lowest BCUT2D eigenvalue weighted by Crippen LogP contribution is -2.29. The number of hydrogen-bond acceptors (Lipinski definition) is 3. The van der Waals surface area contributed by atoms with Crippen LogP contribution >= 0.6 is 0 Å². The molecule has 0 saturated carbocycles. The van der Waals surface area contributed by atoms with Crippen molar-refractivity contribution in [3.05, 3.63) is 55.1 Å². The van der Waals surface area contributed by atoms with Crippen LogP contribution in [0.5, 0.6) is 11.5 Å². The van der Waals surface area contributed by atoms with Crippen LogP contribution in [0.25, 0.3) is 6.08 Å². The van der Waals surface area contributed by atoms with Crippen molar-refractivity contribution in [2.75, 3.05) is 27.3 Å². The van der Waals surface area contributed by atoms with E-state index in [0.29, 0.717) is 24.6 Å². The number of carbonyl (C=O) groups excluding carboxylic acids is 1. The molecule has 0 aliphatic heterocycles. The summed E-state index contributed by atoms with van der Waals surface area (Å²) >= 11 is 0. The maximum atomic E-state index is 12.1. The number of methoxy groups -OCH3 is 2. The van der Waals surface area contributed by atoms with E-state index >= 15 is 0 Å². The lowest BCUT2D eigenvalue weighted by atomic mass is 10.1. The van der Waals surface area contributed by atoms with Gasteiger partial charge in [-0.05, 0) is 24.3 Å². The van der Waals surface area contributed by atoms with Crippen LogP contribution in [0.4, 0.5) is 0 Å². The van der Waals surface area contributed by atoms with Gasteiger partial charge in [0, 0.05) is 24.7 Å². The average molecular weight is 287 g/mol. The topological polar surface area (TPSA) is 38.8 Å². The van der Waals surface area contributed by atoms with Crippen molar-refractivity contribution in [1.29, 1.82) is 0 Å². The van der Waals surface area contributed by atoms with Crippen molar-refractivity contribution in [2.45, 2.75) is 0 Å². The van der Waals surface area contributed by atoms with Gasteiger partial charge in [0.2, 0.25) is 5.91 Å². The van der Waals surface area contributed by atoms with E-state index in [-0.39, 0.29) is 5.91 Å². The van der Waals surface area contributed by atoms with Crippen molar-refractivity contribution in [1.82, 2.24) is 4.90 Å². The summed E-state index contributed by atoms with van der Waals surface area (Å²) in [5, 5.41) is 0. The predicted molar refractivity (Wildman–Crippen MR) is 85.6 cm³/mol. The van der Waals surface area contributed by atoms with E-state index in [2.05, 4.69) is 13.2 Å². The Labute approximate surface area is 126 Å². The van der Waals surface area contributed by atoms with Crippen molar-refractivity contribution in [3.8, 4) is 11.5 Å². The third kappa shape index (κ3) is 4.84. The van der Waals surface area contributed by atoms with Gasteiger partial charge >= 0.3 is 0 Å². The highest BCUT2D eigenvalue weighted by atomic mass is 16.5. The molecule has 1 aromatic carbocycles. The molecular weight excluding hydrogens is 266 g/mol. The van der Waals surface area contributed by atoms with E-state index in [9.17, 15) is 4.79 Å². The predicted octanol–water partition coefficient (Wildman–Crippen LogP) is 2.92. The lowest BCUT2D eigenvalue weighted by molar-refractivity contribution is -0.124. The van der Waals surface area contributed by atoms with Crippen LogP contribution in [0.2, 0.25) is 0 Å². The highest BCUT2D eigenvalue weighted by Gasteiger charge is 2.08. The van der Waals surface area contributed by atoms with Crippen molar-refractivity contribution < 1.29 is 14.3 Å². The zero-order chi connectivity index (χ0) is 15.7. The molecule has 0 radical (unpaired) electrons. The van der Waals surface area contributed by atoms with Gasteiger partial charge < -0.3 is 14.4 Å². The molecule has 0 bridgehead atoms. The molecule has 0 fully saturated rings. The first kappa shape index (κ1) is 16.6. The molecule has 4 heteroatoms. The fourth-order valence-corrected chi connectivity index (χ4v) is 1.80. The summed E-state index contributed by atoms with van der Waals surface area (Å²) in [5.74, 6) is 1.27. The molecule has 112 valence electrons. The summed E-state index contributed by atoms with van der Waals surface area (Å²) in [7, 11) is 3.18. The van der Waals surface area contributed by atoms with E-state index in [0.717, 1.165) is 5.56 Å². The van der Waals surface area contributed by atoms with Gasteiger partial charge in [-0.2, -0.15) is 0 Å². The fourth-order valence-electron chi connectivity index (χ4n) is 1.80. The molecule has 0 unspecified atom stereocenters. The van der Waals surface area contributed by atoms with Gasteiger partial charge in [0.25, 0.3) is 0 Å². The molecule has 0 aliphatic carbocycles. The highest BCUT2D eigenvalue weighted by molar-refractivity contribution is 5.92. The Morgan fingerprint density at radius 1 is 1.19 bits per heavy atom. The van der Waals surface area contributed by atoms with Gasteiger partial charge in [-0.3, -0.25) is 4.79 Å². The second-order valence-electron chi connectivity index (χ2n) is 4.26. The van der Waals surface area contributed by atoms with E-state index in [1.165, 1.54) is 6.08 Å². The minimum absolute atomic E-state index is 0.111. The Morgan fingerprint density at radius 2 is 1.86 bits per heavy atom. The highest BCUT2D eigenvalue weighted by Crippen LogP contribution is 2.25. The second kappa shape index (κ2) is 8.64. The molecule has 1 rings (SSSR count). The van der Waals surface area contributed by atoms with Crippen molar-refractivity contribution in [2.24, 2.45) is 0 Å². The maximum absolute atomic E-state index is 12.1. The molecule has 1 amide bonds. The first-order valence-corrected chi connectivity index (χ1v) is 6.57. The van der Waals surface area contributed by atoms with Crippen LogP contribution in [0, 0.1) is 0 Å². The number of ether oxygens (including phenoxy) is 2. The summed E-state index contributed by atoms with van der Waals surface area (Å²) in [6.45, 7) is 8.24. The van der Waals surface area contributed by atoms with E-state index in [4.69, 9.17) is 9.47 Å². The number of hydrogen-bond donors (Lipinski definition) is 0. The summed E-state index contributed by atoms with van der Waals surface area (Å²) in [6.07, 6.45) is 6.58. The summed E-state index contributed by atoms with van der Waals surface area (Å²) in [4.78, 5) is 13.8. The van der Waals surface area contributed by atoms with Crippen LogP contribution in [-0.2, 0) is 4.79 Å². The zero-order valence-electron chi connectivity index (χ0n) is 12.5. The number of carbonyl (C=O) groups is 1. The molecule has 0 saturated heterocycles. The third-order valence-electron chi connectivity index (χ3n) is 2.85. The van der Waals surface area contributed by atoms with E-state index in [1.54, 1.807) is 49.5 Å². The minimum atomic E-state index is -0.111. The smallest absolute Gasteiger partial charge is 0.247 e. The van der Waals surface area contributed by atoms with E-state index in [1.807, 2.05) is 6.07 Å². The van der Waals surface area contributed by atoms with Crippen LogP contribution in [0.3, 0.4) is 0 Å². The van der Waals surface area contributed by atoms with Gasteiger partial charge in [0.05, 0.1) is 14.2 Å². The monoisotopic (exact) mass is 287 g/mol. The van der Waals surface area contributed by atoms with Gasteiger partial charge in [0.15, 0.2) is 0 Å². The van der Waals surface area contributed by atoms with Crippen molar-refractivity contribution in [3.63, 3.8) is 0 Å². The molecule has 1 aromatic rings. The number of nitrogens with zero attached hydrogens (tertiary/aromatic N) is 1. The molecule has 0 aliphatic rings. The molecule has 0 aromatic heterocycles. The SMILES string of the molecule is C=CCN(CC=C)C(=O)/C=C/c1cc(OC)ccc1OC. The van der Waals surface area contributed by atoms with Crippen LogP contribution in [0.15, 0.2) is 49.6 Å². The number of rotatable bonds is 8. The first-order chi connectivity index (χ1) is 10.2. The van der Waals surface area contributed by atoms with Gasteiger partial charge in [-0.25, -0.2) is 0 Å². The third-order valence-corrected chi connectivity index (χ3v) is 2.85. The molecule has 0 atom stereocenters. The summed E-state index contributed by atoms with van der Waals surface area (Å²) in [6, 6.07) is 5.42. The number of amides is 1. The van der Waals surface area contributed by atoms with Crippen LogP contribution in [-0.4, -0.2) is 38.1 Å². The second-order valence-corrected chi connectivity index (χ2v) is 4.26. The Morgan fingerprint density at radius 3 is 2.38 bits per heavy atom. The van der Waals surface area contributed by atoms with Crippen LogP contribution < -0.4 is 9.47 Å². The standard InChI is InChI=1S/C17H21NO3/c1-5-11-18(12-6-2)17(19)10-7-14-13-15(20-3)8-9-16(14)21-4/h5-10,13H,1-2,11-12H2,3-4H3/b10-7+. The van der Waals surface area contributed by atoms with Gasteiger partial charge in [-0.15, -0.1) is 13.2 Å². The Balaban J connectivity index is 2.94. The average Bonchev–Trinajstić information content (AvgIpc) is 2.52. The Kier molecular flexibility index (Phi) is 6.81. The normalized spacial score (nSPS) is 10.2. The largest absolute Gasteiger partial charge is 0.497 e. The fraction of sp³-hybridized carbons (Fsp3) is 0.235.